The second kappa shape index (κ2) is 4.13. The van der Waals surface area contributed by atoms with Crippen molar-refractivity contribution in [3.05, 3.63) is 28.8 Å². The summed E-state index contributed by atoms with van der Waals surface area (Å²) in [5.41, 5.74) is 1.24. The van der Waals surface area contributed by atoms with Gasteiger partial charge in [-0.15, -0.1) is 23.1 Å². The molecule has 0 saturated carbocycles. The second-order valence-electron chi connectivity index (χ2n) is 3.10. The van der Waals surface area contributed by atoms with Crippen LogP contribution in [-0.2, 0) is 6.42 Å². The summed E-state index contributed by atoms with van der Waals surface area (Å²) >= 11 is 9.75. The standard InChI is InChI=1S/C11H11ClS2/c1-3-7-4-8-5-11(13-2)14-10(8)6-9(7)12/h4-6H,3H2,1-2H3. The van der Waals surface area contributed by atoms with Gasteiger partial charge in [0.2, 0.25) is 0 Å². The van der Waals surface area contributed by atoms with E-state index < -0.39 is 0 Å². The zero-order valence-corrected chi connectivity index (χ0v) is 10.5. The molecule has 3 heteroatoms. The molecule has 0 N–H and O–H groups in total. The van der Waals surface area contributed by atoms with Gasteiger partial charge in [-0.3, -0.25) is 0 Å². The normalized spacial score (nSPS) is 11.1. The van der Waals surface area contributed by atoms with Crippen molar-refractivity contribution in [2.45, 2.75) is 17.6 Å². The van der Waals surface area contributed by atoms with Gasteiger partial charge >= 0.3 is 0 Å². The van der Waals surface area contributed by atoms with Gasteiger partial charge in [-0.1, -0.05) is 18.5 Å². The Balaban J connectivity index is 2.64. The Kier molecular flexibility index (Phi) is 3.05. The Hall–Kier alpha value is -0.180. The van der Waals surface area contributed by atoms with Crippen LogP contribution in [0.25, 0.3) is 10.1 Å². The van der Waals surface area contributed by atoms with Gasteiger partial charge in [-0.05, 0) is 41.8 Å². The van der Waals surface area contributed by atoms with Crippen molar-refractivity contribution in [1.29, 1.82) is 0 Å². The molecule has 1 heterocycles. The van der Waals surface area contributed by atoms with E-state index in [1.807, 2.05) is 11.3 Å². The molecule has 0 aliphatic heterocycles. The van der Waals surface area contributed by atoms with Crippen molar-refractivity contribution < 1.29 is 0 Å². The smallest absolute Gasteiger partial charge is 0.0608 e. The van der Waals surface area contributed by atoms with E-state index in [4.69, 9.17) is 11.6 Å². The van der Waals surface area contributed by atoms with E-state index in [1.165, 1.54) is 19.9 Å². The topological polar surface area (TPSA) is 0 Å². The van der Waals surface area contributed by atoms with E-state index in [-0.39, 0.29) is 0 Å². The number of halogens is 1. The summed E-state index contributed by atoms with van der Waals surface area (Å²) < 4.78 is 2.64. The van der Waals surface area contributed by atoms with Crippen LogP contribution in [0.5, 0.6) is 0 Å². The van der Waals surface area contributed by atoms with Crippen molar-refractivity contribution in [2.75, 3.05) is 6.26 Å². The number of thiophene rings is 1. The van der Waals surface area contributed by atoms with Crippen LogP contribution in [-0.4, -0.2) is 6.26 Å². The van der Waals surface area contributed by atoms with E-state index in [1.54, 1.807) is 11.8 Å². The van der Waals surface area contributed by atoms with Gasteiger partial charge in [0.25, 0.3) is 0 Å². The number of benzene rings is 1. The molecule has 0 aliphatic carbocycles. The first-order chi connectivity index (χ1) is 6.74. The van der Waals surface area contributed by atoms with Crippen LogP contribution >= 0.6 is 34.7 Å². The van der Waals surface area contributed by atoms with Crippen LogP contribution in [0.15, 0.2) is 22.4 Å². The van der Waals surface area contributed by atoms with E-state index in [0.29, 0.717) is 0 Å². The monoisotopic (exact) mass is 242 g/mol. The Bertz CT molecular complexity index is 460. The van der Waals surface area contributed by atoms with Gasteiger partial charge in [-0.2, -0.15) is 0 Å². The number of thioether (sulfide) groups is 1. The van der Waals surface area contributed by atoms with Crippen molar-refractivity contribution in [2.24, 2.45) is 0 Å². The maximum absolute atomic E-state index is 6.16. The molecule has 2 rings (SSSR count). The lowest BCUT2D eigenvalue weighted by Crippen LogP contribution is -1.80. The van der Waals surface area contributed by atoms with Crippen LogP contribution in [0, 0.1) is 0 Å². The molecule has 0 nitrogen and oxygen atoms in total. The maximum atomic E-state index is 6.16. The van der Waals surface area contributed by atoms with Gasteiger partial charge < -0.3 is 0 Å². The summed E-state index contributed by atoms with van der Waals surface area (Å²) in [6.07, 6.45) is 3.10. The van der Waals surface area contributed by atoms with Crippen molar-refractivity contribution in [3.8, 4) is 0 Å². The van der Waals surface area contributed by atoms with Gasteiger partial charge in [0.15, 0.2) is 0 Å². The summed E-state index contributed by atoms with van der Waals surface area (Å²) in [5, 5.41) is 2.22. The first kappa shape index (κ1) is 10.3. The molecule has 0 atom stereocenters. The summed E-state index contributed by atoms with van der Waals surface area (Å²) in [6, 6.07) is 6.52. The van der Waals surface area contributed by atoms with Crippen LogP contribution in [0.1, 0.15) is 12.5 Å². The minimum Gasteiger partial charge on any atom is -0.129 e. The summed E-state index contributed by atoms with van der Waals surface area (Å²) in [5.74, 6) is 0. The average Bonchev–Trinajstić information content (AvgIpc) is 2.58. The lowest BCUT2D eigenvalue weighted by molar-refractivity contribution is 1.15. The highest BCUT2D eigenvalue weighted by Crippen LogP contribution is 2.34. The zero-order valence-electron chi connectivity index (χ0n) is 8.13. The molecule has 0 fully saturated rings. The summed E-state index contributed by atoms with van der Waals surface area (Å²) in [7, 11) is 0. The number of aryl methyl sites for hydroxylation is 1. The first-order valence-corrected chi connectivity index (χ1v) is 6.92. The predicted octanol–water partition coefficient (Wildman–Crippen LogP) is 4.84. The van der Waals surface area contributed by atoms with Crippen LogP contribution in [0.4, 0.5) is 0 Å². The summed E-state index contributed by atoms with van der Waals surface area (Å²) in [4.78, 5) is 0. The molecule has 2 aromatic rings. The molecule has 0 saturated heterocycles. The molecule has 0 bridgehead atoms. The van der Waals surface area contributed by atoms with Crippen molar-refractivity contribution >= 4 is 44.8 Å². The number of hydrogen-bond donors (Lipinski definition) is 0. The van der Waals surface area contributed by atoms with Gasteiger partial charge in [0.05, 0.1) is 4.21 Å². The highest BCUT2D eigenvalue weighted by molar-refractivity contribution is 8.00. The van der Waals surface area contributed by atoms with Gasteiger partial charge in [0.1, 0.15) is 0 Å². The average molecular weight is 243 g/mol. The lowest BCUT2D eigenvalue weighted by Gasteiger charge is -1.99. The highest BCUT2D eigenvalue weighted by Gasteiger charge is 2.05. The second-order valence-corrected chi connectivity index (χ2v) is 5.70. The Morgan fingerprint density at radius 1 is 1.36 bits per heavy atom. The Morgan fingerprint density at radius 3 is 2.79 bits per heavy atom. The fraction of sp³-hybridized carbons (Fsp3) is 0.273. The van der Waals surface area contributed by atoms with Gasteiger partial charge in [0, 0.05) is 9.72 Å². The Labute approximate surface area is 97.3 Å². The maximum Gasteiger partial charge on any atom is 0.0608 e. The third-order valence-corrected chi connectivity index (χ3v) is 4.76. The first-order valence-electron chi connectivity index (χ1n) is 4.50. The van der Waals surface area contributed by atoms with Crippen molar-refractivity contribution in [3.63, 3.8) is 0 Å². The molecule has 0 aliphatic rings. The number of rotatable bonds is 2. The molecular weight excluding hydrogens is 232 g/mol. The van der Waals surface area contributed by atoms with E-state index in [0.717, 1.165) is 11.4 Å². The van der Waals surface area contributed by atoms with Gasteiger partial charge in [-0.25, -0.2) is 0 Å². The SMILES string of the molecule is CCc1cc2cc(SC)sc2cc1Cl. The zero-order chi connectivity index (χ0) is 10.1. The fourth-order valence-electron chi connectivity index (χ4n) is 1.46. The van der Waals surface area contributed by atoms with Crippen LogP contribution in [0.2, 0.25) is 5.02 Å². The molecular formula is C11H11ClS2. The molecule has 14 heavy (non-hydrogen) atoms. The molecule has 1 aromatic heterocycles. The van der Waals surface area contributed by atoms with Crippen LogP contribution in [0.3, 0.4) is 0 Å². The number of fused-ring (bicyclic) bond motifs is 1. The van der Waals surface area contributed by atoms with Crippen LogP contribution < -0.4 is 0 Å². The minimum absolute atomic E-state index is 0.898. The lowest BCUT2D eigenvalue weighted by atomic mass is 10.1. The van der Waals surface area contributed by atoms with E-state index in [9.17, 15) is 0 Å². The van der Waals surface area contributed by atoms with Crippen molar-refractivity contribution in [1.82, 2.24) is 0 Å². The molecule has 0 radical (unpaired) electrons. The third kappa shape index (κ3) is 1.79. The summed E-state index contributed by atoms with van der Waals surface area (Å²) in [6.45, 7) is 2.13. The quantitative estimate of drug-likeness (QED) is 0.679. The minimum atomic E-state index is 0.898. The Morgan fingerprint density at radius 2 is 2.14 bits per heavy atom. The highest BCUT2D eigenvalue weighted by atomic mass is 35.5. The molecule has 74 valence electrons. The largest absolute Gasteiger partial charge is 0.129 e. The molecule has 0 spiro atoms. The molecule has 0 amide bonds. The molecule has 0 unspecified atom stereocenters. The third-order valence-electron chi connectivity index (χ3n) is 2.24. The number of hydrogen-bond acceptors (Lipinski definition) is 2. The fourth-order valence-corrected chi connectivity index (χ4v) is 3.48. The van der Waals surface area contributed by atoms with E-state index >= 15 is 0 Å². The van der Waals surface area contributed by atoms with E-state index in [2.05, 4.69) is 31.4 Å². The predicted molar refractivity (Wildman–Crippen MR) is 68.0 cm³/mol. The molecule has 1 aromatic carbocycles.